The highest BCUT2D eigenvalue weighted by molar-refractivity contribution is 7.89. The first kappa shape index (κ1) is 15.3. The topological polar surface area (TPSA) is 102 Å². The smallest absolute Gasteiger partial charge is 0.326 e. The van der Waals surface area contributed by atoms with Gasteiger partial charge in [-0.15, -0.1) is 0 Å². The van der Waals surface area contributed by atoms with Crippen molar-refractivity contribution in [2.24, 2.45) is 0 Å². The zero-order valence-electron chi connectivity index (χ0n) is 9.30. The van der Waals surface area contributed by atoms with Gasteiger partial charge in [-0.3, -0.25) is 4.79 Å². The SMILES string of the molecule is CCOCCS(=O)(=O)NC(CO)C(=O)OC. The molecule has 8 heteroatoms. The fourth-order valence-electron chi connectivity index (χ4n) is 0.891. The van der Waals surface area contributed by atoms with E-state index in [1.807, 2.05) is 4.72 Å². The maximum absolute atomic E-state index is 11.4. The van der Waals surface area contributed by atoms with Crippen LogP contribution in [0, 0.1) is 0 Å². The van der Waals surface area contributed by atoms with Gasteiger partial charge < -0.3 is 14.6 Å². The molecule has 0 fully saturated rings. The summed E-state index contributed by atoms with van der Waals surface area (Å²) in [5, 5.41) is 8.80. The summed E-state index contributed by atoms with van der Waals surface area (Å²) >= 11 is 0. The van der Waals surface area contributed by atoms with Crippen molar-refractivity contribution in [3.8, 4) is 0 Å². The minimum Gasteiger partial charge on any atom is -0.468 e. The lowest BCUT2D eigenvalue weighted by molar-refractivity contribution is -0.143. The van der Waals surface area contributed by atoms with Crippen LogP contribution < -0.4 is 4.72 Å². The maximum Gasteiger partial charge on any atom is 0.326 e. The van der Waals surface area contributed by atoms with Gasteiger partial charge in [0.05, 0.1) is 26.1 Å². The Morgan fingerprint density at radius 2 is 2.12 bits per heavy atom. The Hall–Kier alpha value is -0.700. The van der Waals surface area contributed by atoms with Crippen LogP contribution in [0.2, 0.25) is 0 Å². The molecule has 0 rings (SSSR count). The average molecular weight is 255 g/mol. The zero-order chi connectivity index (χ0) is 12.6. The van der Waals surface area contributed by atoms with Crippen molar-refractivity contribution in [3.05, 3.63) is 0 Å². The molecule has 0 amide bonds. The zero-order valence-corrected chi connectivity index (χ0v) is 10.1. The normalized spacial score (nSPS) is 13.4. The van der Waals surface area contributed by atoms with Gasteiger partial charge in [-0.25, -0.2) is 8.42 Å². The van der Waals surface area contributed by atoms with Gasteiger partial charge in [0.15, 0.2) is 0 Å². The molecule has 0 saturated heterocycles. The molecule has 7 nitrogen and oxygen atoms in total. The minimum atomic E-state index is -3.66. The summed E-state index contributed by atoms with van der Waals surface area (Å²) in [5.41, 5.74) is 0. The second-order valence-electron chi connectivity index (χ2n) is 2.89. The Morgan fingerprint density at radius 3 is 2.56 bits per heavy atom. The Labute approximate surface area is 94.8 Å². The van der Waals surface area contributed by atoms with E-state index in [0.717, 1.165) is 7.11 Å². The monoisotopic (exact) mass is 255 g/mol. The number of ether oxygens (including phenoxy) is 2. The van der Waals surface area contributed by atoms with Gasteiger partial charge in [0.2, 0.25) is 10.0 Å². The number of carbonyl (C=O) groups is 1. The van der Waals surface area contributed by atoms with Gasteiger partial charge >= 0.3 is 5.97 Å². The minimum absolute atomic E-state index is 0.0329. The van der Waals surface area contributed by atoms with E-state index in [4.69, 9.17) is 9.84 Å². The highest BCUT2D eigenvalue weighted by atomic mass is 32.2. The second kappa shape index (κ2) is 7.55. The molecule has 0 saturated carbocycles. The molecule has 0 aromatic heterocycles. The van der Waals surface area contributed by atoms with E-state index in [9.17, 15) is 13.2 Å². The third-order valence-corrected chi connectivity index (χ3v) is 3.04. The summed E-state index contributed by atoms with van der Waals surface area (Å²) in [6.45, 7) is 1.53. The summed E-state index contributed by atoms with van der Waals surface area (Å²) in [6, 6.07) is -1.27. The molecule has 0 aliphatic carbocycles. The van der Waals surface area contributed by atoms with E-state index in [1.165, 1.54) is 0 Å². The van der Waals surface area contributed by atoms with Gasteiger partial charge in [0.25, 0.3) is 0 Å². The number of hydrogen-bond acceptors (Lipinski definition) is 6. The van der Waals surface area contributed by atoms with Crippen LogP contribution in [0.4, 0.5) is 0 Å². The number of carbonyl (C=O) groups excluding carboxylic acids is 1. The van der Waals surface area contributed by atoms with Gasteiger partial charge in [0, 0.05) is 6.61 Å². The van der Waals surface area contributed by atoms with Crippen molar-refractivity contribution in [3.63, 3.8) is 0 Å². The lowest BCUT2D eigenvalue weighted by Gasteiger charge is -2.13. The van der Waals surface area contributed by atoms with Crippen LogP contribution in [0.15, 0.2) is 0 Å². The predicted octanol–water partition coefficient (Wildman–Crippen LogP) is -1.52. The number of sulfonamides is 1. The molecule has 0 heterocycles. The first-order valence-electron chi connectivity index (χ1n) is 4.73. The molecule has 0 bridgehead atoms. The van der Waals surface area contributed by atoms with Crippen LogP contribution in [0.1, 0.15) is 6.92 Å². The third-order valence-electron chi connectivity index (χ3n) is 1.69. The Kier molecular flexibility index (Phi) is 7.22. The number of hydrogen-bond donors (Lipinski definition) is 2. The maximum atomic E-state index is 11.4. The van der Waals surface area contributed by atoms with Crippen LogP contribution in [0.5, 0.6) is 0 Å². The molecule has 2 N–H and O–H groups in total. The fourth-order valence-corrected chi connectivity index (χ4v) is 1.95. The van der Waals surface area contributed by atoms with Crippen molar-refractivity contribution in [1.29, 1.82) is 0 Å². The molecule has 0 aromatic rings. The Balaban J connectivity index is 4.26. The number of methoxy groups -OCH3 is 1. The van der Waals surface area contributed by atoms with E-state index < -0.39 is 28.6 Å². The van der Waals surface area contributed by atoms with Crippen molar-refractivity contribution in [2.75, 3.05) is 32.7 Å². The van der Waals surface area contributed by atoms with Crippen molar-refractivity contribution in [1.82, 2.24) is 4.72 Å². The van der Waals surface area contributed by atoms with Crippen LogP contribution in [-0.2, 0) is 24.3 Å². The summed E-state index contributed by atoms with van der Waals surface area (Å²) < 4.78 is 34.0. The summed E-state index contributed by atoms with van der Waals surface area (Å²) in [6.07, 6.45) is 0. The Morgan fingerprint density at radius 1 is 1.50 bits per heavy atom. The van der Waals surface area contributed by atoms with Crippen molar-refractivity contribution < 1.29 is 27.8 Å². The summed E-state index contributed by atoms with van der Waals surface area (Å²) in [7, 11) is -2.55. The molecule has 0 aromatic carbocycles. The molecular formula is C8H17NO6S. The first-order chi connectivity index (χ1) is 7.46. The van der Waals surface area contributed by atoms with E-state index >= 15 is 0 Å². The molecule has 0 aliphatic rings. The van der Waals surface area contributed by atoms with Crippen molar-refractivity contribution >= 4 is 16.0 Å². The van der Waals surface area contributed by atoms with Crippen molar-refractivity contribution in [2.45, 2.75) is 13.0 Å². The van der Waals surface area contributed by atoms with Crippen LogP contribution in [0.25, 0.3) is 0 Å². The van der Waals surface area contributed by atoms with Crippen LogP contribution >= 0.6 is 0 Å². The lowest BCUT2D eigenvalue weighted by atomic mass is 10.3. The molecular weight excluding hydrogens is 238 g/mol. The van der Waals surface area contributed by atoms with E-state index in [-0.39, 0.29) is 12.4 Å². The lowest BCUT2D eigenvalue weighted by Crippen LogP contribution is -2.45. The molecule has 0 radical (unpaired) electrons. The first-order valence-corrected chi connectivity index (χ1v) is 6.38. The number of nitrogens with one attached hydrogen (secondary N) is 1. The average Bonchev–Trinajstić information content (AvgIpc) is 2.25. The quantitative estimate of drug-likeness (QED) is 0.403. The highest BCUT2D eigenvalue weighted by Gasteiger charge is 2.24. The fraction of sp³-hybridized carbons (Fsp3) is 0.875. The van der Waals surface area contributed by atoms with E-state index in [1.54, 1.807) is 6.92 Å². The molecule has 1 atom stereocenters. The highest BCUT2D eigenvalue weighted by Crippen LogP contribution is 1.93. The molecule has 16 heavy (non-hydrogen) atoms. The number of aliphatic hydroxyl groups excluding tert-OH is 1. The Bertz CT molecular complexity index is 302. The number of rotatable bonds is 8. The third kappa shape index (κ3) is 6.01. The largest absolute Gasteiger partial charge is 0.468 e. The second-order valence-corrected chi connectivity index (χ2v) is 4.77. The summed E-state index contributed by atoms with van der Waals surface area (Å²) in [5.74, 6) is -1.10. The number of esters is 1. The van der Waals surface area contributed by atoms with Crippen LogP contribution in [0.3, 0.4) is 0 Å². The molecule has 0 aliphatic heterocycles. The summed E-state index contributed by atoms with van der Waals surface area (Å²) in [4.78, 5) is 11.0. The molecule has 1 unspecified atom stereocenters. The van der Waals surface area contributed by atoms with E-state index in [2.05, 4.69) is 4.74 Å². The van der Waals surface area contributed by atoms with Gasteiger partial charge in [-0.1, -0.05) is 0 Å². The molecule has 0 spiro atoms. The van der Waals surface area contributed by atoms with Gasteiger partial charge in [-0.05, 0) is 6.92 Å². The molecule has 96 valence electrons. The van der Waals surface area contributed by atoms with E-state index in [0.29, 0.717) is 6.61 Å². The predicted molar refractivity (Wildman–Crippen MR) is 56.3 cm³/mol. The van der Waals surface area contributed by atoms with Gasteiger partial charge in [-0.2, -0.15) is 4.72 Å². The van der Waals surface area contributed by atoms with Crippen LogP contribution in [-0.4, -0.2) is 58.2 Å². The number of aliphatic hydroxyl groups is 1. The standard InChI is InChI=1S/C8H17NO6S/c1-3-15-4-5-16(12,13)9-7(6-10)8(11)14-2/h7,9-10H,3-6H2,1-2H3. The van der Waals surface area contributed by atoms with Gasteiger partial charge in [0.1, 0.15) is 6.04 Å².